The molecule has 0 saturated carbocycles. The Morgan fingerprint density at radius 3 is 2.56 bits per heavy atom. The molecule has 2 rings (SSSR count). The Morgan fingerprint density at radius 2 is 2.12 bits per heavy atom. The molecule has 1 aliphatic heterocycles. The molecule has 0 aliphatic carbocycles. The van der Waals surface area contributed by atoms with Crippen LogP contribution in [-0.2, 0) is 13.6 Å². The van der Waals surface area contributed by atoms with Gasteiger partial charge in [0.25, 0.3) is 0 Å². The van der Waals surface area contributed by atoms with E-state index in [9.17, 15) is 0 Å². The van der Waals surface area contributed by atoms with Gasteiger partial charge in [-0.2, -0.15) is 5.10 Å². The van der Waals surface area contributed by atoms with Crippen LogP contribution in [0.4, 0.5) is 0 Å². The largest absolute Gasteiger partial charge is 0.297 e. The summed E-state index contributed by atoms with van der Waals surface area (Å²) in [6.45, 7) is 10.1. The fraction of sp³-hybridized carbons (Fsp3) is 0.750. The minimum absolute atomic E-state index is 0.472. The quantitative estimate of drug-likeness (QED) is 0.833. The first-order valence-electron chi connectivity index (χ1n) is 5.79. The molecular weight excluding hydrogens is 266 g/mol. The third kappa shape index (κ3) is 2.33. The Bertz CT molecular complexity index is 395. The molecule has 1 saturated heterocycles. The first-order chi connectivity index (χ1) is 7.39. The Morgan fingerprint density at radius 1 is 1.44 bits per heavy atom. The van der Waals surface area contributed by atoms with Gasteiger partial charge in [-0.3, -0.25) is 9.58 Å². The molecule has 1 aromatic heterocycles. The lowest BCUT2D eigenvalue weighted by Gasteiger charge is -2.19. The molecule has 0 N–H and O–H groups in total. The van der Waals surface area contributed by atoms with Crippen molar-refractivity contribution in [2.75, 3.05) is 13.1 Å². The molecular formula is C12H20BrN3. The number of nitrogens with zero attached hydrogens (tertiary/aromatic N) is 3. The molecule has 0 atom stereocenters. The number of hydrogen-bond acceptors (Lipinski definition) is 2. The van der Waals surface area contributed by atoms with Gasteiger partial charge < -0.3 is 0 Å². The van der Waals surface area contributed by atoms with Crippen LogP contribution in [0.25, 0.3) is 0 Å². The molecule has 3 nitrogen and oxygen atoms in total. The van der Waals surface area contributed by atoms with Gasteiger partial charge in [0.1, 0.15) is 0 Å². The molecule has 0 aromatic carbocycles. The van der Waals surface area contributed by atoms with Gasteiger partial charge in [-0.15, -0.1) is 0 Å². The molecule has 2 heterocycles. The number of aromatic nitrogens is 2. The summed E-state index contributed by atoms with van der Waals surface area (Å²) >= 11 is 3.63. The van der Waals surface area contributed by atoms with Gasteiger partial charge >= 0.3 is 0 Å². The molecule has 1 aliphatic rings. The fourth-order valence-corrected chi connectivity index (χ4v) is 2.88. The highest BCUT2D eigenvalue weighted by molar-refractivity contribution is 9.10. The lowest BCUT2D eigenvalue weighted by molar-refractivity contribution is 0.277. The highest BCUT2D eigenvalue weighted by Gasteiger charge is 2.29. The summed E-state index contributed by atoms with van der Waals surface area (Å²) in [6.07, 6.45) is 1.29. The summed E-state index contributed by atoms with van der Waals surface area (Å²) in [4.78, 5) is 2.52. The predicted molar refractivity (Wildman–Crippen MR) is 69.3 cm³/mol. The first-order valence-corrected chi connectivity index (χ1v) is 6.59. The van der Waals surface area contributed by atoms with Gasteiger partial charge in [0.05, 0.1) is 15.9 Å². The second kappa shape index (κ2) is 4.15. The van der Waals surface area contributed by atoms with Gasteiger partial charge in [-0.25, -0.2) is 0 Å². The first kappa shape index (κ1) is 12.1. The number of likely N-dealkylation sites (tertiary alicyclic amines) is 1. The van der Waals surface area contributed by atoms with Crippen LogP contribution in [0.3, 0.4) is 0 Å². The molecule has 1 aromatic rings. The zero-order valence-corrected chi connectivity index (χ0v) is 12.1. The van der Waals surface area contributed by atoms with E-state index in [0.717, 1.165) is 12.2 Å². The Balaban J connectivity index is 2.10. The molecule has 0 amide bonds. The van der Waals surface area contributed by atoms with Gasteiger partial charge in [-0.1, -0.05) is 13.8 Å². The normalized spacial score (nSPS) is 20.6. The SMILES string of the molecule is Cc1nn(C)c(CN2CCC(C)(C)C2)c1Br. The van der Waals surface area contributed by atoms with E-state index in [-0.39, 0.29) is 0 Å². The van der Waals surface area contributed by atoms with Crippen LogP contribution in [0.5, 0.6) is 0 Å². The minimum atomic E-state index is 0.472. The van der Waals surface area contributed by atoms with E-state index < -0.39 is 0 Å². The van der Waals surface area contributed by atoms with Crippen molar-refractivity contribution in [3.63, 3.8) is 0 Å². The maximum absolute atomic E-state index is 4.43. The van der Waals surface area contributed by atoms with Crippen molar-refractivity contribution in [1.82, 2.24) is 14.7 Å². The average molecular weight is 286 g/mol. The van der Waals surface area contributed by atoms with Gasteiger partial charge in [-0.05, 0) is 41.2 Å². The Labute approximate surface area is 106 Å². The smallest absolute Gasteiger partial charge is 0.0739 e. The summed E-state index contributed by atoms with van der Waals surface area (Å²) in [5, 5.41) is 4.43. The lowest BCUT2D eigenvalue weighted by atomic mass is 9.93. The van der Waals surface area contributed by atoms with E-state index >= 15 is 0 Å². The van der Waals surface area contributed by atoms with Crippen molar-refractivity contribution in [2.45, 2.75) is 33.7 Å². The van der Waals surface area contributed by atoms with Crippen molar-refractivity contribution in [3.05, 3.63) is 15.9 Å². The molecule has 0 radical (unpaired) electrons. The molecule has 16 heavy (non-hydrogen) atoms. The maximum Gasteiger partial charge on any atom is 0.0739 e. The molecule has 1 fully saturated rings. The number of aryl methyl sites for hydroxylation is 2. The summed E-state index contributed by atoms with van der Waals surface area (Å²) < 4.78 is 3.16. The van der Waals surface area contributed by atoms with Crippen LogP contribution < -0.4 is 0 Å². The average Bonchev–Trinajstić information content (AvgIpc) is 2.62. The second-order valence-electron chi connectivity index (χ2n) is 5.59. The van der Waals surface area contributed by atoms with Crippen LogP contribution in [0.2, 0.25) is 0 Å². The minimum Gasteiger partial charge on any atom is -0.297 e. The number of halogens is 1. The van der Waals surface area contributed by atoms with Gasteiger partial charge in [0, 0.05) is 20.1 Å². The third-order valence-corrected chi connectivity index (χ3v) is 4.42. The Hall–Kier alpha value is -0.350. The summed E-state index contributed by atoms with van der Waals surface area (Å²) in [6, 6.07) is 0. The van der Waals surface area contributed by atoms with Crippen molar-refractivity contribution in [1.29, 1.82) is 0 Å². The van der Waals surface area contributed by atoms with E-state index in [1.807, 2.05) is 18.7 Å². The number of rotatable bonds is 2. The zero-order chi connectivity index (χ0) is 11.9. The molecule has 90 valence electrons. The van der Waals surface area contributed by atoms with Crippen LogP contribution in [0, 0.1) is 12.3 Å². The van der Waals surface area contributed by atoms with Crippen molar-refractivity contribution < 1.29 is 0 Å². The molecule has 0 unspecified atom stereocenters. The van der Waals surface area contributed by atoms with Crippen LogP contribution in [0.1, 0.15) is 31.7 Å². The maximum atomic E-state index is 4.43. The third-order valence-electron chi connectivity index (χ3n) is 3.39. The molecule has 0 bridgehead atoms. The van der Waals surface area contributed by atoms with Crippen LogP contribution in [0.15, 0.2) is 4.47 Å². The van der Waals surface area contributed by atoms with E-state index in [2.05, 4.69) is 39.8 Å². The monoisotopic (exact) mass is 285 g/mol. The summed E-state index contributed by atoms with van der Waals surface area (Å²) in [7, 11) is 2.02. The van der Waals surface area contributed by atoms with Crippen molar-refractivity contribution >= 4 is 15.9 Å². The second-order valence-corrected chi connectivity index (χ2v) is 6.39. The highest BCUT2D eigenvalue weighted by atomic mass is 79.9. The summed E-state index contributed by atoms with van der Waals surface area (Å²) in [5.74, 6) is 0. The topological polar surface area (TPSA) is 21.1 Å². The summed E-state index contributed by atoms with van der Waals surface area (Å²) in [5.41, 5.74) is 2.84. The predicted octanol–water partition coefficient (Wildman–Crippen LogP) is 2.72. The van der Waals surface area contributed by atoms with Crippen LogP contribution in [-0.4, -0.2) is 27.8 Å². The van der Waals surface area contributed by atoms with Crippen molar-refractivity contribution in [3.8, 4) is 0 Å². The van der Waals surface area contributed by atoms with Crippen molar-refractivity contribution in [2.24, 2.45) is 12.5 Å². The van der Waals surface area contributed by atoms with Crippen LogP contribution >= 0.6 is 15.9 Å². The fourth-order valence-electron chi connectivity index (χ4n) is 2.42. The standard InChI is InChI=1S/C12H20BrN3/c1-9-11(13)10(15(4)14-9)7-16-6-5-12(2,3)8-16/h5-8H2,1-4H3. The highest BCUT2D eigenvalue weighted by Crippen LogP contribution is 2.31. The zero-order valence-electron chi connectivity index (χ0n) is 10.5. The van der Waals surface area contributed by atoms with Gasteiger partial charge in [0.15, 0.2) is 0 Å². The molecule has 0 spiro atoms. The van der Waals surface area contributed by atoms with E-state index in [4.69, 9.17) is 0 Å². The van der Waals surface area contributed by atoms with E-state index in [0.29, 0.717) is 5.41 Å². The van der Waals surface area contributed by atoms with E-state index in [1.165, 1.54) is 29.7 Å². The van der Waals surface area contributed by atoms with E-state index in [1.54, 1.807) is 0 Å². The Kier molecular flexibility index (Phi) is 3.14. The molecule has 4 heteroatoms. The lowest BCUT2D eigenvalue weighted by Crippen LogP contribution is -2.24. The number of hydrogen-bond donors (Lipinski definition) is 0. The van der Waals surface area contributed by atoms with Gasteiger partial charge in [0.2, 0.25) is 0 Å².